The molecule has 0 unspecified atom stereocenters. The van der Waals surface area contributed by atoms with Crippen LogP contribution in [0.3, 0.4) is 0 Å². The Kier molecular flexibility index (Phi) is 6.72. The minimum atomic E-state index is 0.718. The van der Waals surface area contributed by atoms with Crippen molar-refractivity contribution in [3.8, 4) is 0 Å². The molecule has 0 aliphatic heterocycles. The highest BCUT2D eigenvalue weighted by Gasteiger charge is 2.08. The summed E-state index contributed by atoms with van der Waals surface area (Å²) in [7, 11) is 3.44. The van der Waals surface area contributed by atoms with Crippen LogP contribution in [0, 0.1) is 6.92 Å². The molecule has 0 saturated heterocycles. The zero-order chi connectivity index (χ0) is 13.4. The summed E-state index contributed by atoms with van der Waals surface area (Å²) < 4.78 is 10.3. The van der Waals surface area contributed by atoms with Gasteiger partial charge in [-0.2, -0.15) is 0 Å². The third kappa shape index (κ3) is 5.04. The quantitative estimate of drug-likeness (QED) is 0.715. The Morgan fingerprint density at radius 1 is 1.11 bits per heavy atom. The van der Waals surface area contributed by atoms with Gasteiger partial charge in [-0.15, -0.1) is 0 Å². The first-order valence-corrected chi connectivity index (χ1v) is 6.22. The van der Waals surface area contributed by atoms with Crippen LogP contribution in [0.5, 0.6) is 0 Å². The van der Waals surface area contributed by atoms with Crippen LogP contribution in [0.25, 0.3) is 0 Å². The van der Waals surface area contributed by atoms with Gasteiger partial charge < -0.3 is 15.2 Å². The second-order valence-electron chi connectivity index (χ2n) is 4.46. The molecule has 4 heteroatoms. The molecule has 0 aliphatic carbocycles. The molecule has 0 heterocycles. The molecule has 0 saturated carbocycles. The number of hydrogen-bond acceptors (Lipinski definition) is 4. The van der Waals surface area contributed by atoms with Gasteiger partial charge in [-0.3, -0.25) is 4.90 Å². The highest BCUT2D eigenvalue weighted by Crippen LogP contribution is 2.15. The first kappa shape index (κ1) is 15.0. The number of nitrogens with two attached hydrogens (primary N) is 1. The summed E-state index contributed by atoms with van der Waals surface area (Å²) in [4.78, 5) is 2.29. The summed E-state index contributed by atoms with van der Waals surface area (Å²) in [5.74, 6) is 0. The van der Waals surface area contributed by atoms with Crippen LogP contribution in [0.2, 0.25) is 0 Å². The van der Waals surface area contributed by atoms with Crippen LogP contribution in [-0.4, -0.2) is 45.4 Å². The van der Waals surface area contributed by atoms with Crippen molar-refractivity contribution in [2.75, 3.05) is 46.3 Å². The molecule has 0 amide bonds. The molecule has 0 atom stereocenters. The largest absolute Gasteiger partial charge is 0.398 e. The molecule has 0 radical (unpaired) electrons. The van der Waals surface area contributed by atoms with Crippen molar-refractivity contribution >= 4 is 5.69 Å². The van der Waals surface area contributed by atoms with Crippen molar-refractivity contribution in [1.82, 2.24) is 4.90 Å². The van der Waals surface area contributed by atoms with Gasteiger partial charge in [0.1, 0.15) is 0 Å². The third-order valence-corrected chi connectivity index (χ3v) is 2.92. The smallest absolute Gasteiger partial charge is 0.0589 e. The first-order chi connectivity index (χ1) is 8.67. The Balaban J connectivity index is 2.65. The van der Waals surface area contributed by atoms with Gasteiger partial charge in [-0.25, -0.2) is 0 Å². The SMILES string of the molecule is COCCN(CCOC)Cc1cc(C)ccc1N. The van der Waals surface area contributed by atoms with Gasteiger partial charge in [0, 0.05) is 39.5 Å². The van der Waals surface area contributed by atoms with E-state index in [1.165, 1.54) is 11.1 Å². The molecule has 0 aliphatic rings. The minimum absolute atomic E-state index is 0.718. The van der Waals surface area contributed by atoms with Gasteiger partial charge in [0.25, 0.3) is 0 Å². The standard InChI is InChI=1S/C14H24N2O2/c1-12-4-5-14(15)13(10-12)11-16(6-8-17-2)7-9-18-3/h4-5,10H,6-9,11,15H2,1-3H3. The maximum atomic E-state index is 6.01. The number of ether oxygens (including phenoxy) is 2. The average Bonchev–Trinajstić information content (AvgIpc) is 2.37. The number of hydrogen-bond donors (Lipinski definition) is 1. The van der Waals surface area contributed by atoms with Gasteiger partial charge in [0.15, 0.2) is 0 Å². The average molecular weight is 252 g/mol. The predicted molar refractivity (Wildman–Crippen MR) is 74.6 cm³/mol. The van der Waals surface area contributed by atoms with E-state index < -0.39 is 0 Å². The molecule has 0 spiro atoms. The zero-order valence-corrected chi connectivity index (χ0v) is 11.6. The molecule has 1 aromatic carbocycles. The van der Waals surface area contributed by atoms with Crippen molar-refractivity contribution in [2.24, 2.45) is 0 Å². The van der Waals surface area contributed by atoms with E-state index in [2.05, 4.69) is 17.9 Å². The van der Waals surface area contributed by atoms with Crippen LogP contribution >= 0.6 is 0 Å². The number of rotatable bonds is 8. The first-order valence-electron chi connectivity index (χ1n) is 6.22. The second kappa shape index (κ2) is 8.08. The van der Waals surface area contributed by atoms with Crippen molar-refractivity contribution < 1.29 is 9.47 Å². The Labute approximate surface area is 110 Å². The summed E-state index contributed by atoms with van der Waals surface area (Å²) in [6.45, 7) is 6.11. The van der Waals surface area contributed by atoms with E-state index in [-0.39, 0.29) is 0 Å². The highest BCUT2D eigenvalue weighted by atomic mass is 16.5. The molecule has 1 aromatic rings. The van der Waals surface area contributed by atoms with Gasteiger partial charge in [0.05, 0.1) is 13.2 Å². The lowest BCUT2D eigenvalue weighted by atomic mass is 10.1. The minimum Gasteiger partial charge on any atom is -0.398 e. The molecular formula is C14H24N2O2. The molecular weight excluding hydrogens is 228 g/mol. The fourth-order valence-corrected chi connectivity index (χ4v) is 1.82. The summed E-state index contributed by atoms with van der Waals surface area (Å²) >= 11 is 0. The number of nitrogens with zero attached hydrogens (tertiary/aromatic N) is 1. The van der Waals surface area contributed by atoms with Crippen molar-refractivity contribution in [3.63, 3.8) is 0 Å². The monoisotopic (exact) mass is 252 g/mol. The lowest BCUT2D eigenvalue weighted by Crippen LogP contribution is -2.30. The zero-order valence-electron chi connectivity index (χ0n) is 11.6. The van der Waals surface area contributed by atoms with Crippen LogP contribution in [0.4, 0.5) is 5.69 Å². The molecule has 102 valence electrons. The maximum absolute atomic E-state index is 6.01. The molecule has 2 N–H and O–H groups in total. The summed E-state index contributed by atoms with van der Waals surface area (Å²) in [6, 6.07) is 6.14. The summed E-state index contributed by atoms with van der Waals surface area (Å²) in [5.41, 5.74) is 9.26. The van der Waals surface area contributed by atoms with Gasteiger partial charge >= 0.3 is 0 Å². The van der Waals surface area contributed by atoms with Crippen LogP contribution in [0.1, 0.15) is 11.1 Å². The second-order valence-corrected chi connectivity index (χ2v) is 4.46. The Hall–Kier alpha value is -1.10. The molecule has 0 bridgehead atoms. The van der Waals surface area contributed by atoms with E-state index in [9.17, 15) is 0 Å². The highest BCUT2D eigenvalue weighted by molar-refractivity contribution is 5.48. The van der Waals surface area contributed by atoms with E-state index in [1.54, 1.807) is 14.2 Å². The van der Waals surface area contributed by atoms with E-state index in [0.717, 1.165) is 38.5 Å². The Bertz CT molecular complexity index is 348. The number of methoxy groups -OCH3 is 2. The number of nitrogen functional groups attached to an aromatic ring is 1. The predicted octanol–water partition coefficient (Wildman–Crippen LogP) is 1.67. The fourth-order valence-electron chi connectivity index (χ4n) is 1.82. The van der Waals surface area contributed by atoms with E-state index in [4.69, 9.17) is 15.2 Å². The van der Waals surface area contributed by atoms with Gasteiger partial charge in [-0.05, 0) is 18.6 Å². The number of anilines is 1. The van der Waals surface area contributed by atoms with Crippen LogP contribution < -0.4 is 5.73 Å². The molecule has 0 fully saturated rings. The van der Waals surface area contributed by atoms with Crippen LogP contribution in [0.15, 0.2) is 18.2 Å². The van der Waals surface area contributed by atoms with Gasteiger partial charge in [0.2, 0.25) is 0 Å². The van der Waals surface area contributed by atoms with Gasteiger partial charge in [-0.1, -0.05) is 17.7 Å². The van der Waals surface area contributed by atoms with Crippen molar-refractivity contribution in [3.05, 3.63) is 29.3 Å². The summed E-state index contributed by atoms with van der Waals surface area (Å²) in [6.07, 6.45) is 0. The fraction of sp³-hybridized carbons (Fsp3) is 0.571. The third-order valence-electron chi connectivity index (χ3n) is 2.92. The van der Waals surface area contributed by atoms with E-state index in [0.29, 0.717) is 0 Å². The maximum Gasteiger partial charge on any atom is 0.0589 e. The van der Waals surface area contributed by atoms with Crippen molar-refractivity contribution in [1.29, 1.82) is 0 Å². The lowest BCUT2D eigenvalue weighted by Gasteiger charge is -2.22. The van der Waals surface area contributed by atoms with E-state index in [1.807, 2.05) is 12.1 Å². The topological polar surface area (TPSA) is 47.7 Å². The molecule has 4 nitrogen and oxygen atoms in total. The number of benzene rings is 1. The molecule has 18 heavy (non-hydrogen) atoms. The Morgan fingerprint density at radius 2 is 1.72 bits per heavy atom. The molecule has 1 rings (SSSR count). The normalized spacial score (nSPS) is 11.1. The molecule has 0 aromatic heterocycles. The van der Waals surface area contributed by atoms with Crippen LogP contribution in [-0.2, 0) is 16.0 Å². The number of aryl methyl sites for hydroxylation is 1. The lowest BCUT2D eigenvalue weighted by molar-refractivity contribution is 0.110. The Morgan fingerprint density at radius 3 is 2.28 bits per heavy atom. The summed E-state index contributed by atoms with van der Waals surface area (Å²) in [5, 5.41) is 0. The van der Waals surface area contributed by atoms with Crippen molar-refractivity contribution in [2.45, 2.75) is 13.5 Å². The van der Waals surface area contributed by atoms with E-state index >= 15 is 0 Å².